The average Bonchev–Trinajstić information content (AvgIpc) is 2.24. The molecule has 0 aliphatic carbocycles. The lowest BCUT2D eigenvalue weighted by Gasteiger charge is -2.41. The van der Waals surface area contributed by atoms with Gasteiger partial charge >= 0.3 is 18.0 Å². The Hall–Kier alpha value is -0.660. The van der Waals surface area contributed by atoms with Crippen molar-refractivity contribution < 1.29 is 49.4 Å². The van der Waals surface area contributed by atoms with E-state index in [0.29, 0.717) is 0 Å². The van der Waals surface area contributed by atoms with Crippen molar-refractivity contribution in [3.05, 3.63) is 0 Å². The minimum atomic E-state index is -6.77. The monoisotopic (exact) mass is 351 g/mol. The van der Waals surface area contributed by atoms with Crippen LogP contribution in [-0.4, -0.2) is 54.6 Å². The van der Waals surface area contributed by atoms with E-state index in [-0.39, 0.29) is 0 Å². The molecule has 0 bridgehead atoms. The zero-order chi connectivity index (χ0) is 17.3. The summed E-state index contributed by atoms with van der Waals surface area (Å²) in [5, 5.41) is 21.5. The van der Waals surface area contributed by atoms with Gasteiger partial charge in [-0.15, -0.1) is 0 Å². The highest BCUT2D eigenvalue weighted by atomic mass is 32.2. The van der Waals surface area contributed by atoms with Crippen molar-refractivity contribution in [1.82, 2.24) is 0 Å². The van der Waals surface area contributed by atoms with E-state index in [1.807, 2.05) is 0 Å². The Kier molecular flexibility index (Phi) is 5.67. The highest BCUT2D eigenvalue weighted by molar-refractivity contribution is 7.90. The minimum absolute atomic E-state index is 1.47. The van der Waals surface area contributed by atoms with E-state index in [2.05, 4.69) is 5.14 Å². The molecule has 0 fully saturated rings. The van der Waals surface area contributed by atoms with Gasteiger partial charge < -0.3 is 10.2 Å². The summed E-state index contributed by atoms with van der Waals surface area (Å²) in [7, 11) is -5.70. The lowest BCUT2D eigenvalue weighted by Crippen LogP contribution is -2.68. The van der Waals surface area contributed by atoms with E-state index in [4.69, 9.17) is 10.2 Å². The van der Waals surface area contributed by atoms with Crippen LogP contribution in [0.2, 0.25) is 0 Å². The van der Waals surface area contributed by atoms with Crippen LogP contribution in [-0.2, 0) is 10.0 Å². The molecule has 0 spiro atoms. The first-order chi connectivity index (χ1) is 9.12. The van der Waals surface area contributed by atoms with Gasteiger partial charge in [0.1, 0.15) is 0 Å². The van der Waals surface area contributed by atoms with E-state index < -0.39 is 58.8 Å². The molecule has 128 valence electrons. The Labute approximate surface area is 114 Å². The van der Waals surface area contributed by atoms with Crippen molar-refractivity contribution in [2.75, 3.05) is 13.2 Å². The molecule has 4 N–H and O–H groups in total. The number of aliphatic hydroxyl groups is 2. The van der Waals surface area contributed by atoms with Gasteiger partial charge in [0.15, 0.2) is 4.75 Å². The van der Waals surface area contributed by atoms with Crippen LogP contribution in [0.15, 0.2) is 0 Å². The number of aliphatic hydroxyl groups excluding tert-OH is 2. The van der Waals surface area contributed by atoms with Gasteiger partial charge in [0.25, 0.3) is 0 Å². The van der Waals surface area contributed by atoms with Gasteiger partial charge in [0.2, 0.25) is 10.0 Å². The third kappa shape index (κ3) is 3.10. The van der Waals surface area contributed by atoms with Crippen LogP contribution in [0.5, 0.6) is 0 Å². The predicted octanol–water partition coefficient (Wildman–Crippen LogP) is 0.611. The van der Waals surface area contributed by atoms with Crippen LogP contribution >= 0.6 is 0 Å². The summed E-state index contributed by atoms with van der Waals surface area (Å²) in [5.41, 5.74) is 0. The molecule has 21 heavy (non-hydrogen) atoms. The Morgan fingerprint density at radius 2 is 1.14 bits per heavy atom. The summed E-state index contributed by atoms with van der Waals surface area (Å²) in [6, 6.07) is 0. The van der Waals surface area contributed by atoms with Gasteiger partial charge in [-0.3, -0.25) is 0 Å². The Morgan fingerprint density at radius 3 is 1.33 bits per heavy atom. The molecule has 0 radical (unpaired) electrons. The zero-order valence-corrected chi connectivity index (χ0v) is 11.0. The molecule has 0 saturated heterocycles. The third-order valence-corrected chi connectivity index (χ3v) is 4.65. The molecular formula is C8H12F7NO4S. The van der Waals surface area contributed by atoms with Crippen molar-refractivity contribution >= 4 is 10.0 Å². The van der Waals surface area contributed by atoms with Crippen molar-refractivity contribution in [2.24, 2.45) is 5.14 Å². The molecule has 0 saturated carbocycles. The number of hydrogen-bond donors (Lipinski definition) is 3. The lowest BCUT2D eigenvalue weighted by atomic mass is 9.88. The zero-order valence-electron chi connectivity index (χ0n) is 10.2. The fraction of sp³-hybridized carbons (Fsp3) is 1.00. The Balaban J connectivity index is 6.41. The largest absolute Gasteiger partial charge is 0.459 e. The molecule has 0 aliphatic rings. The van der Waals surface area contributed by atoms with Gasteiger partial charge in [0, 0.05) is 13.2 Å². The number of sulfonamides is 1. The molecule has 0 aromatic heterocycles. The second-order valence-electron chi connectivity index (χ2n) is 4.13. The normalized spacial score (nSPS) is 15.3. The van der Waals surface area contributed by atoms with Gasteiger partial charge in [-0.05, 0) is 12.8 Å². The summed E-state index contributed by atoms with van der Waals surface area (Å²) >= 11 is 0. The molecule has 5 nitrogen and oxygen atoms in total. The van der Waals surface area contributed by atoms with Crippen LogP contribution in [0.3, 0.4) is 0 Å². The van der Waals surface area contributed by atoms with Crippen LogP contribution < -0.4 is 5.14 Å². The van der Waals surface area contributed by atoms with E-state index in [9.17, 15) is 39.2 Å². The standard InChI is InChI=1S/C8H12F7NO4S/c9-6(10,7(11,12)8(13,14)15)5(1-3-17,2-4-18)21(16,19)20/h17-18H,1-4H2,(H2,16,19,20). The SMILES string of the molecule is NS(=O)(=O)C(CCO)(CCO)C(F)(F)C(F)(F)C(F)(F)F. The smallest absolute Gasteiger partial charge is 0.396 e. The van der Waals surface area contributed by atoms with Crippen LogP contribution in [0.4, 0.5) is 30.7 Å². The van der Waals surface area contributed by atoms with Gasteiger partial charge in [-0.25, -0.2) is 13.6 Å². The quantitative estimate of drug-likeness (QED) is 0.585. The first kappa shape index (κ1) is 20.3. The summed E-state index contributed by atoms with van der Waals surface area (Å²) in [6.07, 6.45) is -10.2. The van der Waals surface area contributed by atoms with E-state index >= 15 is 0 Å². The number of halogens is 7. The number of rotatable bonds is 7. The molecule has 0 atom stereocenters. The molecule has 0 aromatic carbocycles. The first-order valence-corrected chi connectivity index (χ1v) is 6.73. The number of hydrogen-bond acceptors (Lipinski definition) is 4. The number of nitrogens with two attached hydrogens (primary N) is 1. The average molecular weight is 351 g/mol. The fourth-order valence-corrected chi connectivity index (χ4v) is 2.96. The molecule has 0 rings (SSSR count). The van der Waals surface area contributed by atoms with Crippen LogP contribution in [0, 0.1) is 0 Å². The highest BCUT2D eigenvalue weighted by Crippen LogP contribution is 2.55. The van der Waals surface area contributed by atoms with Gasteiger partial charge in [0.05, 0.1) is 0 Å². The Morgan fingerprint density at radius 1 is 0.810 bits per heavy atom. The van der Waals surface area contributed by atoms with Crippen molar-refractivity contribution in [3.8, 4) is 0 Å². The van der Waals surface area contributed by atoms with E-state index in [0.717, 1.165) is 0 Å². The van der Waals surface area contributed by atoms with Crippen molar-refractivity contribution in [2.45, 2.75) is 35.6 Å². The maximum Gasteiger partial charge on any atom is 0.459 e. The second-order valence-corrected chi connectivity index (χ2v) is 6.00. The number of primary sulfonamides is 1. The molecular weight excluding hydrogens is 339 g/mol. The molecule has 0 aliphatic heterocycles. The summed E-state index contributed by atoms with van der Waals surface area (Å²) < 4.78 is 108. The van der Waals surface area contributed by atoms with Gasteiger partial charge in [-0.2, -0.15) is 30.7 Å². The summed E-state index contributed by atoms with van der Waals surface area (Å²) in [5.74, 6) is -13.0. The summed E-state index contributed by atoms with van der Waals surface area (Å²) in [6.45, 7) is -2.94. The number of alkyl halides is 7. The first-order valence-electron chi connectivity index (χ1n) is 5.19. The molecule has 0 amide bonds. The van der Waals surface area contributed by atoms with Gasteiger partial charge in [-0.1, -0.05) is 0 Å². The minimum Gasteiger partial charge on any atom is -0.396 e. The molecule has 0 heterocycles. The maximum absolute atomic E-state index is 13.7. The summed E-state index contributed by atoms with van der Waals surface area (Å²) in [4.78, 5) is 0. The molecule has 0 unspecified atom stereocenters. The maximum atomic E-state index is 13.7. The Bertz CT molecular complexity index is 456. The van der Waals surface area contributed by atoms with E-state index in [1.54, 1.807) is 0 Å². The van der Waals surface area contributed by atoms with Crippen LogP contribution in [0.1, 0.15) is 12.8 Å². The van der Waals surface area contributed by atoms with Crippen molar-refractivity contribution in [1.29, 1.82) is 0 Å². The molecule has 0 aromatic rings. The van der Waals surface area contributed by atoms with E-state index in [1.165, 1.54) is 0 Å². The topological polar surface area (TPSA) is 101 Å². The molecule has 13 heteroatoms. The lowest BCUT2D eigenvalue weighted by molar-refractivity contribution is -0.363. The highest BCUT2D eigenvalue weighted by Gasteiger charge is 2.81. The fourth-order valence-electron chi connectivity index (χ4n) is 1.73. The third-order valence-electron chi connectivity index (χ3n) is 2.90. The second kappa shape index (κ2) is 5.85. The van der Waals surface area contributed by atoms with Crippen LogP contribution in [0.25, 0.3) is 0 Å². The predicted molar refractivity (Wildman–Crippen MR) is 55.2 cm³/mol. The van der Waals surface area contributed by atoms with Crippen molar-refractivity contribution in [3.63, 3.8) is 0 Å².